The van der Waals surface area contributed by atoms with E-state index in [4.69, 9.17) is 9.84 Å². The number of carboxylic acid groups (broad SMARTS) is 1. The zero-order chi connectivity index (χ0) is 16.3. The first kappa shape index (κ1) is 16.1. The van der Waals surface area contributed by atoms with Crippen LogP contribution in [0.5, 0.6) is 0 Å². The van der Waals surface area contributed by atoms with Gasteiger partial charge in [-0.1, -0.05) is 30.3 Å². The predicted octanol–water partition coefficient (Wildman–Crippen LogP) is 2.66. The monoisotopic (exact) mass is 317 g/mol. The molecule has 0 bridgehead atoms. The Morgan fingerprint density at radius 1 is 1.27 bits per heavy atom. The van der Waals surface area contributed by atoms with Gasteiger partial charge in [0.25, 0.3) is 0 Å². The van der Waals surface area contributed by atoms with Crippen molar-refractivity contribution in [2.24, 2.45) is 5.92 Å². The lowest BCUT2D eigenvalue weighted by atomic mass is 10.1. The third-order valence-electron chi connectivity index (χ3n) is 3.49. The summed E-state index contributed by atoms with van der Waals surface area (Å²) in [6, 6.07) is 7.06. The normalized spacial score (nSPS) is 21.7. The number of carboxylic acids is 1. The van der Waals surface area contributed by atoms with Crippen LogP contribution >= 0.6 is 0 Å². The Kier molecular flexibility index (Phi) is 4.58. The summed E-state index contributed by atoms with van der Waals surface area (Å²) in [5, 5.41) is 8.98. The van der Waals surface area contributed by atoms with Gasteiger partial charge in [-0.25, -0.2) is 9.59 Å². The standard InChI is InChI=1S/C14H14F3NO4/c15-14(16,17)10-6-11(12(19)20)18(7-10)13(21)22-8-9-4-2-1-3-5-9/h1-5,10-11H,6-8H2,(H,19,20)/t10-,11-/m0/s1. The van der Waals surface area contributed by atoms with E-state index < -0.39 is 43.2 Å². The molecule has 1 aromatic carbocycles. The minimum atomic E-state index is -4.54. The van der Waals surface area contributed by atoms with Gasteiger partial charge in [0.2, 0.25) is 0 Å². The van der Waals surface area contributed by atoms with Crippen LogP contribution in [-0.4, -0.2) is 40.8 Å². The van der Waals surface area contributed by atoms with Crippen molar-refractivity contribution in [3.63, 3.8) is 0 Å². The molecular formula is C14H14F3NO4. The maximum atomic E-state index is 12.7. The molecule has 1 aliphatic rings. The number of benzene rings is 1. The fourth-order valence-corrected chi connectivity index (χ4v) is 2.31. The average molecular weight is 317 g/mol. The number of carbonyl (C=O) groups excluding carboxylic acids is 1. The number of rotatable bonds is 3. The van der Waals surface area contributed by atoms with Crippen LogP contribution in [0.15, 0.2) is 30.3 Å². The van der Waals surface area contributed by atoms with Crippen LogP contribution in [-0.2, 0) is 16.1 Å². The highest BCUT2D eigenvalue weighted by atomic mass is 19.4. The Balaban J connectivity index is 2.02. The number of hydrogen-bond donors (Lipinski definition) is 1. The number of alkyl halides is 3. The highest BCUT2D eigenvalue weighted by Gasteiger charge is 2.51. The van der Waals surface area contributed by atoms with Crippen LogP contribution in [0.3, 0.4) is 0 Å². The SMILES string of the molecule is O=C(O)[C@@H]1C[C@H](C(F)(F)F)CN1C(=O)OCc1ccccc1. The quantitative estimate of drug-likeness (QED) is 0.931. The number of ether oxygens (including phenoxy) is 1. The fourth-order valence-electron chi connectivity index (χ4n) is 2.31. The third-order valence-corrected chi connectivity index (χ3v) is 3.49. The molecule has 1 aliphatic heterocycles. The summed E-state index contributed by atoms with van der Waals surface area (Å²) in [5.74, 6) is -3.32. The van der Waals surface area contributed by atoms with Gasteiger partial charge in [0, 0.05) is 6.54 Å². The molecule has 0 saturated carbocycles. The van der Waals surface area contributed by atoms with Gasteiger partial charge in [-0.05, 0) is 12.0 Å². The van der Waals surface area contributed by atoms with E-state index in [9.17, 15) is 22.8 Å². The zero-order valence-corrected chi connectivity index (χ0v) is 11.4. The molecule has 0 aliphatic carbocycles. The van der Waals surface area contributed by atoms with Gasteiger partial charge in [0.15, 0.2) is 0 Å². The van der Waals surface area contributed by atoms with Crippen molar-refractivity contribution in [1.29, 1.82) is 0 Å². The number of aliphatic carboxylic acids is 1. The Bertz CT molecular complexity index is 547. The molecule has 1 amide bonds. The van der Waals surface area contributed by atoms with Gasteiger partial charge in [-0.2, -0.15) is 13.2 Å². The Labute approximate surface area is 124 Å². The van der Waals surface area contributed by atoms with E-state index in [-0.39, 0.29) is 6.61 Å². The Morgan fingerprint density at radius 2 is 1.91 bits per heavy atom. The largest absolute Gasteiger partial charge is 0.480 e. The van der Waals surface area contributed by atoms with Crippen molar-refractivity contribution in [3.05, 3.63) is 35.9 Å². The number of likely N-dealkylation sites (tertiary alicyclic amines) is 1. The Morgan fingerprint density at radius 3 is 2.45 bits per heavy atom. The van der Waals surface area contributed by atoms with Crippen LogP contribution < -0.4 is 0 Å². The first-order chi connectivity index (χ1) is 10.3. The molecule has 2 rings (SSSR count). The van der Waals surface area contributed by atoms with E-state index >= 15 is 0 Å². The summed E-state index contributed by atoms with van der Waals surface area (Å²) in [6.45, 7) is -0.826. The molecule has 1 saturated heterocycles. The molecule has 5 nitrogen and oxygen atoms in total. The molecule has 0 unspecified atom stereocenters. The molecule has 0 aromatic heterocycles. The second-order valence-electron chi connectivity index (χ2n) is 5.02. The molecule has 2 atom stereocenters. The summed E-state index contributed by atoms with van der Waals surface area (Å²) < 4.78 is 43.0. The minimum Gasteiger partial charge on any atom is -0.480 e. The van der Waals surface area contributed by atoms with Crippen LogP contribution in [0.4, 0.5) is 18.0 Å². The number of amides is 1. The molecule has 1 N–H and O–H groups in total. The smallest absolute Gasteiger partial charge is 0.410 e. The van der Waals surface area contributed by atoms with Gasteiger partial charge in [-0.3, -0.25) is 4.90 Å². The number of carbonyl (C=O) groups is 2. The van der Waals surface area contributed by atoms with E-state index in [0.717, 1.165) is 0 Å². The first-order valence-corrected chi connectivity index (χ1v) is 6.56. The lowest BCUT2D eigenvalue weighted by molar-refractivity contribution is -0.170. The summed E-state index contributed by atoms with van der Waals surface area (Å²) in [6.07, 6.45) is -6.25. The number of nitrogens with zero attached hydrogens (tertiary/aromatic N) is 1. The van der Waals surface area contributed by atoms with Gasteiger partial charge in [0.1, 0.15) is 12.6 Å². The first-order valence-electron chi connectivity index (χ1n) is 6.56. The van der Waals surface area contributed by atoms with Crippen LogP contribution in [0, 0.1) is 5.92 Å². The molecule has 22 heavy (non-hydrogen) atoms. The molecule has 1 heterocycles. The third kappa shape index (κ3) is 3.69. The van der Waals surface area contributed by atoms with Gasteiger partial charge in [-0.15, -0.1) is 0 Å². The number of halogens is 3. The van der Waals surface area contributed by atoms with Crippen molar-refractivity contribution in [3.8, 4) is 0 Å². The van der Waals surface area contributed by atoms with Crippen LogP contribution in [0.2, 0.25) is 0 Å². The van der Waals surface area contributed by atoms with Crippen molar-refractivity contribution in [1.82, 2.24) is 4.90 Å². The Hall–Kier alpha value is -2.25. The maximum Gasteiger partial charge on any atom is 0.410 e. The zero-order valence-electron chi connectivity index (χ0n) is 11.4. The summed E-state index contributed by atoms with van der Waals surface area (Å²) >= 11 is 0. The number of hydrogen-bond acceptors (Lipinski definition) is 3. The van der Waals surface area contributed by atoms with E-state index in [1.54, 1.807) is 30.3 Å². The van der Waals surface area contributed by atoms with Gasteiger partial charge >= 0.3 is 18.2 Å². The molecule has 1 aromatic rings. The highest BCUT2D eigenvalue weighted by Crippen LogP contribution is 2.37. The molecule has 8 heteroatoms. The summed E-state index contributed by atoms with van der Waals surface area (Å²) in [4.78, 5) is 23.6. The van der Waals surface area contributed by atoms with Crippen molar-refractivity contribution < 1.29 is 32.6 Å². The molecular weight excluding hydrogens is 303 g/mol. The van der Waals surface area contributed by atoms with Crippen LogP contribution in [0.25, 0.3) is 0 Å². The van der Waals surface area contributed by atoms with E-state index in [0.29, 0.717) is 10.5 Å². The summed E-state index contributed by atoms with van der Waals surface area (Å²) in [7, 11) is 0. The molecule has 1 fully saturated rings. The lowest BCUT2D eigenvalue weighted by Gasteiger charge is -2.21. The van der Waals surface area contributed by atoms with E-state index in [1.807, 2.05) is 0 Å². The van der Waals surface area contributed by atoms with Crippen LogP contribution in [0.1, 0.15) is 12.0 Å². The average Bonchev–Trinajstić information content (AvgIpc) is 2.91. The molecule has 0 spiro atoms. The molecule has 0 radical (unpaired) electrons. The minimum absolute atomic E-state index is 0.126. The second kappa shape index (κ2) is 6.25. The lowest BCUT2D eigenvalue weighted by Crippen LogP contribution is -2.41. The van der Waals surface area contributed by atoms with Gasteiger partial charge < -0.3 is 9.84 Å². The summed E-state index contributed by atoms with van der Waals surface area (Å²) in [5.41, 5.74) is 0.661. The van der Waals surface area contributed by atoms with Crippen molar-refractivity contribution >= 4 is 12.1 Å². The predicted molar refractivity (Wildman–Crippen MR) is 68.9 cm³/mol. The van der Waals surface area contributed by atoms with Crippen molar-refractivity contribution in [2.45, 2.75) is 25.2 Å². The van der Waals surface area contributed by atoms with E-state index in [1.165, 1.54) is 0 Å². The van der Waals surface area contributed by atoms with Crippen molar-refractivity contribution in [2.75, 3.05) is 6.54 Å². The highest BCUT2D eigenvalue weighted by molar-refractivity contribution is 5.80. The molecule has 120 valence electrons. The topological polar surface area (TPSA) is 66.8 Å². The van der Waals surface area contributed by atoms with E-state index in [2.05, 4.69) is 0 Å². The van der Waals surface area contributed by atoms with Gasteiger partial charge in [0.05, 0.1) is 5.92 Å². The maximum absolute atomic E-state index is 12.7. The second-order valence-corrected chi connectivity index (χ2v) is 5.02. The fraction of sp³-hybridized carbons (Fsp3) is 0.429.